The van der Waals surface area contributed by atoms with Gasteiger partial charge in [0.25, 0.3) is 0 Å². The minimum atomic E-state index is -0.604. The maximum absolute atomic E-state index is 13.1. The number of halogens is 2. The maximum atomic E-state index is 13.1. The molecule has 1 atom stereocenters. The lowest BCUT2D eigenvalue weighted by Crippen LogP contribution is -2.48. The molecule has 0 spiro atoms. The first-order valence-electron chi connectivity index (χ1n) is 9.47. The maximum Gasteiger partial charge on any atom is 0.242 e. The summed E-state index contributed by atoms with van der Waals surface area (Å²) in [6.07, 6.45) is 2.09. The van der Waals surface area contributed by atoms with Gasteiger partial charge in [0.05, 0.1) is 6.42 Å². The highest BCUT2D eigenvalue weighted by atomic mass is 35.5. The molecule has 0 fully saturated rings. The molecule has 28 heavy (non-hydrogen) atoms. The highest BCUT2D eigenvalue weighted by Gasteiger charge is 2.26. The molecule has 150 valence electrons. The van der Waals surface area contributed by atoms with Gasteiger partial charge >= 0.3 is 0 Å². The number of hydrogen-bond acceptors (Lipinski definition) is 2. The molecule has 0 bridgehead atoms. The first-order valence-corrected chi connectivity index (χ1v) is 10.2. The number of rotatable bonds is 9. The lowest BCUT2D eigenvalue weighted by atomic mass is 10.1. The van der Waals surface area contributed by atoms with E-state index in [0.717, 1.165) is 24.0 Å². The lowest BCUT2D eigenvalue weighted by molar-refractivity contribution is -0.140. The van der Waals surface area contributed by atoms with Crippen LogP contribution in [0.15, 0.2) is 48.5 Å². The summed E-state index contributed by atoms with van der Waals surface area (Å²) in [5.74, 6) is -0.301. The fraction of sp³-hybridized carbons (Fsp3) is 0.364. The number of nitrogens with one attached hydrogen (secondary N) is 1. The normalized spacial score (nSPS) is 11.7. The van der Waals surface area contributed by atoms with Gasteiger partial charge < -0.3 is 10.2 Å². The second kappa shape index (κ2) is 11.1. The van der Waals surface area contributed by atoms with E-state index in [1.54, 1.807) is 30.0 Å². The van der Waals surface area contributed by atoms with E-state index in [0.29, 0.717) is 16.6 Å². The van der Waals surface area contributed by atoms with E-state index in [1.807, 2.05) is 30.3 Å². The van der Waals surface area contributed by atoms with Crippen molar-refractivity contribution in [1.29, 1.82) is 0 Å². The van der Waals surface area contributed by atoms with Crippen molar-refractivity contribution in [3.05, 3.63) is 69.7 Å². The molecule has 1 unspecified atom stereocenters. The molecule has 2 rings (SSSR count). The largest absolute Gasteiger partial charge is 0.354 e. The van der Waals surface area contributed by atoms with Crippen molar-refractivity contribution in [2.75, 3.05) is 6.54 Å². The van der Waals surface area contributed by atoms with Gasteiger partial charge in [-0.3, -0.25) is 9.59 Å². The summed E-state index contributed by atoms with van der Waals surface area (Å²) in [6.45, 7) is 4.69. The number of benzene rings is 2. The van der Waals surface area contributed by atoms with E-state index in [1.165, 1.54) is 0 Å². The van der Waals surface area contributed by atoms with Crippen LogP contribution in [0.1, 0.15) is 37.8 Å². The molecule has 0 saturated heterocycles. The molecule has 2 amide bonds. The van der Waals surface area contributed by atoms with Crippen molar-refractivity contribution < 1.29 is 9.59 Å². The van der Waals surface area contributed by atoms with Gasteiger partial charge in [-0.15, -0.1) is 0 Å². The summed E-state index contributed by atoms with van der Waals surface area (Å²) in [5.41, 5.74) is 1.65. The van der Waals surface area contributed by atoms with E-state index < -0.39 is 6.04 Å². The SMILES string of the molecule is CCCCNC(=O)C(C)N(Cc1ccccc1Cl)C(=O)Cc1ccc(Cl)cc1. The third-order valence-electron chi connectivity index (χ3n) is 4.56. The third kappa shape index (κ3) is 6.54. The van der Waals surface area contributed by atoms with E-state index in [9.17, 15) is 9.59 Å². The van der Waals surface area contributed by atoms with Crippen molar-refractivity contribution in [3.8, 4) is 0 Å². The number of carbonyl (C=O) groups is 2. The molecule has 0 saturated carbocycles. The topological polar surface area (TPSA) is 49.4 Å². The average Bonchev–Trinajstić information content (AvgIpc) is 2.68. The molecule has 0 radical (unpaired) electrons. The van der Waals surface area contributed by atoms with Crippen LogP contribution in [0.4, 0.5) is 0 Å². The minimum Gasteiger partial charge on any atom is -0.354 e. The number of nitrogens with zero attached hydrogens (tertiary/aromatic N) is 1. The minimum absolute atomic E-state index is 0.139. The molecule has 0 heterocycles. The van der Waals surface area contributed by atoms with Crippen LogP contribution < -0.4 is 5.32 Å². The molecule has 2 aromatic carbocycles. The number of amides is 2. The first-order chi connectivity index (χ1) is 13.4. The highest BCUT2D eigenvalue weighted by Crippen LogP contribution is 2.20. The molecular weight excluding hydrogens is 395 g/mol. The van der Waals surface area contributed by atoms with E-state index >= 15 is 0 Å². The molecule has 0 aliphatic carbocycles. The van der Waals surface area contributed by atoms with E-state index in [-0.39, 0.29) is 24.8 Å². The van der Waals surface area contributed by atoms with Crippen LogP contribution >= 0.6 is 23.2 Å². The van der Waals surface area contributed by atoms with Gasteiger partial charge in [0.2, 0.25) is 11.8 Å². The first kappa shape index (κ1) is 22.3. The Morgan fingerprint density at radius 3 is 2.39 bits per heavy atom. The fourth-order valence-electron chi connectivity index (χ4n) is 2.81. The van der Waals surface area contributed by atoms with Crippen molar-refractivity contribution in [1.82, 2.24) is 10.2 Å². The smallest absolute Gasteiger partial charge is 0.242 e. The van der Waals surface area contributed by atoms with Gasteiger partial charge in [-0.2, -0.15) is 0 Å². The zero-order chi connectivity index (χ0) is 20.5. The standard InChI is InChI=1S/C22H26Cl2N2O2/c1-3-4-13-25-22(28)16(2)26(15-18-7-5-6-8-20(18)24)21(27)14-17-9-11-19(23)12-10-17/h5-12,16H,3-4,13-15H2,1-2H3,(H,25,28). The fourth-order valence-corrected chi connectivity index (χ4v) is 3.13. The molecule has 2 aromatic rings. The zero-order valence-electron chi connectivity index (χ0n) is 16.3. The summed E-state index contributed by atoms with van der Waals surface area (Å²) in [4.78, 5) is 27.2. The van der Waals surface area contributed by atoms with Crippen molar-refractivity contribution in [3.63, 3.8) is 0 Å². The highest BCUT2D eigenvalue weighted by molar-refractivity contribution is 6.31. The van der Waals surface area contributed by atoms with Crippen molar-refractivity contribution in [2.45, 2.75) is 45.7 Å². The molecule has 0 aliphatic rings. The molecule has 0 aliphatic heterocycles. The second-order valence-electron chi connectivity index (χ2n) is 6.74. The van der Waals surface area contributed by atoms with Crippen LogP contribution in [-0.2, 0) is 22.6 Å². The molecule has 4 nitrogen and oxygen atoms in total. The Balaban J connectivity index is 2.19. The lowest BCUT2D eigenvalue weighted by Gasteiger charge is -2.29. The van der Waals surface area contributed by atoms with Crippen LogP contribution in [0.5, 0.6) is 0 Å². The number of hydrogen-bond donors (Lipinski definition) is 1. The van der Waals surface area contributed by atoms with Gasteiger partial charge in [0.1, 0.15) is 6.04 Å². The number of unbranched alkanes of at least 4 members (excludes halogenated alkanes) is 1. The number of carbonyl (C=O) groups excluding carboxylic acids is 2. The van der Waals surface area contributed by atoms with Crippen LogP contribution in [0, 0.1) is 0 Å². The van der Waals surface area contributed by atoms with E-state index in [4.69, 9.17) is 23.2 Å². The second-order valence-corrected chi connectivity index (χ2v) is 7.58. The van der Waals surface area contributed by atoms with Crippen molar-refractivity contribution in [2.24, 2.45) is 0 Å². The predicted octanol–water partition coefficient (Wildman–Crippen LogP) is 4.87. The Labute approximate surface area is 176 Å². The van der Waals surface area contributed by atoms with Crippen LogP contribution in [0.2, 0.25) is 10.0 Å². The predicted molar refractivity (Wildman–Crippen MR) is 115 cm³/mol. The Morgan fingerprint density at radius 1 is 1.07 bits per heavy atom. The summed E-state index contributed by atoms with van der Waals surface area (Å²) in [5, 5.41) is 4.10. The zero-order valence-corrected chi connectivity index (χ0v) is 17.8. The Hall–Kier alpha value is -2.04. The third-order valence-corrected chi connectivity index (χ3v) is 5.18. The van der Waals surface area contributed by atoms with Crippen LogP contribution in [0.25, 0.3) is 0 Å². The molecular formula is C22H26Cl2N2O2. The Bertz CT molecular complexity index is 793. The van der Waals surface area contributed by atoms with Gasteiger partial charge in [-0.25, -0.2) is 0 Å². The van der Waals surface area contributed by atoms with Gasteiger partial charge in [0.15, 0.2) is 0 Å². The Kier molecular flexibility index (Phi) is 8.81. The summed E-state index contributed by atoms with van der Waals surface area (Å²) >= 11 is 12.2. The average molecular weight is 421 g/mol. The molecule has 6 heteroatoms. The van der Waals surface area contributed by atoms with E-state index in [2.05, 4.69) is 12.2 Å². The van der Waals surface area contributed by atoms with Gasteiger partial charge in [-0.05, 0) is 42.7 Å². The van der Waals surface area contributed by atoms with Crippen molar-refractivity contribution >= 4 is 35.0 Å². The molecule has 0 aromatic heterocycles. The summed E-state index contributed by atoms with van der Waals surface area (Å²) in [6, 6.07) is 13.9. The van der Waals surface area contributed by atoms with Gasteiger partial charge in [-0.1, -0.05) is 66.9 Å². The van der Waals surface area contributed by atoms with Gasteiger partial charge in [0, 0.05) is 23.1 Å². The summed E-state index contributed by atoms with van der Waals surface area (Å²) < 4.78 is 0. The Morgan fingerprint density at radius 2 is 1.75 bits per heavy atom. The monoisotopic (exact) mass is 420 g/mol. The summed E-state index contributed by atoms with van der Waals surface area (Å²) in [7, 11) is 0. The molecule has 1 N–H and O–H groups in total. The van der Waals surface area contributed by atoms with Crippen LogP contribution in [0.3, 0.4) is 0 Å². The van der Waals surface area contributed by atoms with Crippen LogP contribution in [-0.4, -0.2) is 29.3 Å². The quantitative estimate of drug-likeness (QED) is 0.588.